The van der Waals surface area contributed by atoms with E-state index in [1.54, 1.807) is 0 Å². The number of hydrogen-bond donors (Lipinski definition) is 1. The lowest BCUT2D eigenvalue weighted by Gasteiger charge is -2.31. The van der Waals surface area contributed by atoms with Crippen LogP contribution in [0.25, 0.3) is 11.4 Å². The summed E-state index contributed by atoms with van der Waals surface area (Å²) in [5, 5.41) is 9.36. The Balaban J connectivity index is 0.00000225. The van der Waals surface area contributed by atoms with Gasteiger partial charge in [0.1, 0.15) is 17.5 Å². The predicted octanol–water partition coefficient (Wildman–Crippen LogP) is 2.89. The molecule has 3 heterocycles. The normalized spacial score (nSPS) is 18.6. The van der Waals surface area contributed by atoms with Crippen LogP contribution in [0.1, 0.15) is 24.1 Å². The van der Waals surface area contributed by atoms with E-state index in [-0.39, 0.29) is 40.3 Å². The summed E-state index contributed by atoms with van der Waals surface area (Å²) in [6, 6.07) is 1.75. The fourth-order valence-electron chi connectivity index (χ4n) is 3.42. The van der Waals surface area contributed by atoms with Gasteiger partial charge in [-0.3, -0.25) is 0 Å². The first-order valence-corrected chi connectivity index (χ1v) is 10.6. The Kier molecular flexibility index (Phi) is 5.82. The first-order chi connectivity index (χ1) is 12.7. The van der Waals surface area contributed by atoms with Gasteiger partial charge < -0.3 is 10.0 Å². The maximum absolute atomic E-state index is 14.3. The van der Waals surface area contributed by atoms with Gasteiger partial charge in [0.15, 0.2) is 15.7 Å². The summed E-state index contributed by atoms with van der Waals surface area (Å²) in [6.45, 7) is 0.975. The molecule has 4 rings (SSSR count). The second-order valence-electron chi connectivity index (χ2n) is 6.79. The van der Waals surface area contributed by atoms with Gasteiger partial charge in [-0.15, -0.1) is 12.4 Å². The Morgan fingerprint density at radius 2 is 1.79 bits per heavy atom. The van der Waals surface area contributed by atoms with Gasteiger partial charge in [0.2, 0.25) is 0 Å². The molecule has 0 spiro atoms. The van der Waals surface area contributed by atoms with Crippen molar-refractivity contribution in [3.8, 4) is 11.4 Å². The molecule has 0 radical (unpaired) electrons. The van der Waals surface area contributed by atoms with Crippen molar-refractivity contribution in [1.82, 2.24) is 9.97 Å². The van der Waals surface area contributed by atoms with Crippen molar-refractivity contribution in [3.05, 3.63) is 40.0 Å². The highest BCUT2D eigenvalue weighted by Crippen LogP contribution is 2.35. The molecule has 0 saturated carbocycles. The van der Waals surface area contributed by atoms with Gasteiger partial charge >= 0.3 is 0 Å². The van der Waals surface area contributed by atoms with Gasteiger partial charge in [-0.1, -0.05) is 11.6 Å². The molecule has 11 heteroatoms. The molecule has 0 amide bonds. The number of benzene rings is 1. The zero-order valence-corrected chi connectivity index (χ0v) is 16.9. The lowest BCUT2D eigenvalue weighted by molar-refractivity contribution is 0.145. The second kappa shape index (κ2) is 7.70. The van der Waals surface area contributed by atoms with Crippen molar-refractivity contribution < 1.29 is 22.3 Å². The van der Waals surface area contributed by atoms with Crippen LogP contribution in [0.4, 0.5) is 14.6 Å². The average molecular weight is 452 g/mol. The van der Waals surface area contributed by atoms with Crippen molar-refractivity contribution in [2.45, 2.75) is 30.5 Å². The number of hydrogen-bond acceptors (Lipinski definition) is 6. The Bertz CT molecular complexity index is 1030. The van der Waals surface area contributed by atoms with E-state index in [1.165, 1.54) is 0 Å². The van der Waals surface area contributed by atoms with Crippen LogP contribution in [0.15, 0.2) is 12.1 Å². The lowest BCUT2D eigenvalue weighted by atomic mass is 10.1. The largest absolute Gasteiger partial charge is 0.393 e. The van der Waals surface area contributed by atoms with Gasteiger partial charge in [0.25, 0.3) is 0 Å². The monoisotopic (exact) mass is 451 g/mol. The Morgan fingerprint density at radius 1 is 1.11 bits per heavy atom. The molecule has 1 fully saturated rings. The van der Waals surface area contributed by atoms with E-state index in [2.05, 4.69) is 9.97 Å². The molecule has 0 atom stereocenters. The molecule has 0 unspecified atom stereocenters. The summed E-state index contributed by atoms with van der Waals surface area (Å²) in [7, 11) is -3.37. The number of anilines is 1. The SMILES string of the molecule is Cl.O=S1(=O)Cc2nc(-c3cc(F)c(Cl)cc3F)nc(N3CCC(O)CC3)c2C1. The number of piperidine rings is 1. The van der Waals surface area contributed by atoms with E-state index >= 15 is 0 Å². The number of halogens is 4. The van der Waals surface area contributed by atoms with Crippen LogP contribution in [0, 0.1) is 11.6 Å². The highest BCUT2D eigenvalue weighted by molar-refractivity contribution is 7.90. The van der Waals surface area contributed by atoms with Crippen molar-refractivity contribution in [1.29, 1.82) is 0 Å². The van der Waals surface area contributed by atoms with Gasteiger partial charge in [-0.05, 0) is 25.0 Å². The van der Waals surface area contributed by atoms with Crippen LogP contribution < -0.4 is 4.90 Å². The summed E-state index contributed by atoms with van der Waals surface area (Å²) >= 11 is 5.60. The van der Waals surface area contributed by atoms with Crippen molar-refractivity contribution in [2.24, 2.45) is 0 Å². The molecule has 1 aromatic carbocycles. The molecule has 0 aliphatic carbocycles. The van der Waals surface area contributed by atoms with Crippen LogP contribution in [-0.2, 0) is 21.3 Å². The quantitative estimate of drug-likeness (QED) is 0.706. The number of nitrogens with zero attached hydrogens (tertiary/aromatic N) is 3. The number of aliphatic hydroxyl groups excluding tert-OH is 1. The lowest BCUT2D eigenvalue weighted by Crippen LogP contribution is -2.37. The number of aliphatic hydroxyl groups is 1. The van der Waals surface area contributed by atoms with Gasteiger partial charge in [0, 0.05) is 18.7 Å². The number of rotatable bonds is 2. The topological polar surface area (TPSA) is 83.4 Å². The van der Waals surface area contributed by atoms with Crippen molar-refractivity contribution in [2.75, 3.05) is 18.0 Å². The first-order valence-electron chi connectivity index (χ1n) is 8.41. The molecule has 1 saturated heterocycles. The zero-order valence-electron chi connectivity index (χ0n) is 14.5. The molecule has 1 aromatic heterocycles. The second-order valence-corrected chi connectivity index (χ2v) is 9.26. The highest BCUT2D eigenvalue weighted by atomic mass is 35.5. The summed E-state index contributed by atoms with van der Waals surface area (Å²) in [4.78, 5) is 10.4. The minimum atomic E-state index is -3.37. The van der Waals surface area contributed by atoms with E-state index in [0.717, 1.165) is 12.1 Å². The molecule has 152 valence electrons. The Labute approximate surface area is 171 Å². The summed E-state index contributed by atoms with van der Waals surface area (Å²) in [5.41, 5.74) is 0.614. The molecule has 1 N–H and O–H groups in total. The van der Waals surface area contributed by atoms with Gasteiger partial charge in [-0.25, -0.2) is 27.2 Å². The Morgan fingerprint density at radius 3 is 2.46 bits per heavy atom. The fraction of sp³-hybridized carbons (Fsp3) is 0.412. The first kappa shape index (κ1) is 21.2. The molecule has 2 aliphatic heterocycles. The third-order valence-corrected chi connectivity index (χ3v) is 6.54. The number of fused-ring (bicyclic) bond motifs is 1. The number of aromatic nitrogens is 2. The molecule has 2 aliphatic rings. The average Bonchev–Trinajstić information content (AvgIpc) is 2.92. The van der Waals surface area contributed by atoms with E-state index in [9.17, 15) is 22.3 Å². The van der Waals surface area contributed by atoms with Crippen LogP contribution in [0.5, 0.6) is 0 Å². The predicted molar refractivity (Wildman–Crippen MR) is 103 cm³/mol. The van der Waals surface area contributed by atoms with E-state index in [1.807, 2.05) is 4.90 Å². The smallest absolute Gasteiger partial charge is 0.164 e. The summed E-state index contributed by atoms with van der Waals surface area (Å²) in [6.07, 6.45) is 0.623. The van der Waals surface area contributed by atoms with Crippen molar-refractivity contribution >= 4 is 39.7 Å². The Hall–Kier alpha value is -1.55. The zero-order chi connectivity index (χ0) is 19.3. The summed E-state index contributed by atoms with van der Waals surface area (Å²) in [5.74, 6) is -1.74. The van der Waals surface area contributed by atoms with Crippen LogP contribution >= 0.6 is 24.0 Å². The third kappa shape index (κ3) is 3.94. The van der Waals surface area contributed by atoms with Crippen LogP contribution in [-0.4, -0.2) is 42.7 Å². The molecule has 6 nitrogen and oxygen atoms in total. The van der Waals surface area contributed by atoms with Crippen molar-refractivity contribution in [3.63, 3.8) is 0 Å². The van der Waals surface area contributed by atoms with Gasteiger partial charge in [0.05, 0.1) is 33.9 Å². The highest BCUT2D eigenvalue weighted by Gasteiger charge is 2.33. The summed E-state index contributed by atoms with van der Waals surface area (Å²) < 4.78 is 52.4. The standard InChI is InChI=1S/C17H16ClF2N3O3S.ClH/c18-12-6-13(19)10(5-14(12)20)16-21-15-8-27(25,26)7-11(15)17(22-16)23-3-1-9(24)2-4-23;/h5-6,9,24H,1-4,7-8H2;1H. The maximum Gasteiger partial charge on any atom is 0.164 e. The molecular formula is C17H17Cl2F2N3O3S. The van der Waals surface area contributed by atoms with Crippen LogP contribution in [0.2, 0.25) is 5.02 Å². The van der Waals surface area contributed by atoms with E-state index < -0.39 is 27.6 Å². The molecule has 2 aromatic rings. The minimum absolute atomic E-state index is 0. The fourth-order valence-corrected chi connectivity index (χ4v) is 5.06. The maximum atomic E-state index is 14.3. The minimum Gasteiger partial charge on any atom is -0.393 e. The number of sulfone groups is 1. The van der Waals surface area contributed by atoms with Gasteiger partial charge in [-0.2, -0.15) is 0 Å². The third-order valence-electron chi connectivity index (χ3n) is 4.81. The molecule has 0 bridgehead atoms. The van der Waals surface area contributed by atoms with E-state index in [0.29, 0.717) is 43.0 Å². The van der Waals surface area contributed by atoms with E-state index in [4.69, 9.17) is 11.6 Å². The molecule has 28 heavy (non-hydrogen) atoms. The van der Waals surface area contributed by atoms with Crippen LogP contribution in [0.3, 0.4) is 0 Å². The molecular weight excluding hydrogens is 435 g/mol.